The molecule has 0 N–H and O–H groups in total. The van der Waals surface area contributed by atoms with Crippen LogP contribution in [0.2, 0.25) is 0 Å². The highest BCUT2D eigenvalue weighted by molar-refractivity contribution is 5.86. The number of rotatable bonds is 3. The van der Waals surface area contributed by atoms with Crippen molar-refractivity contribution < 1.29 is 0 Å². The van der Waals surface area contributed by atoms with E-state index in [1.165, 1.54) is 51.0 Å². The second-order valence-electron chi connectivity index (χ2n) is 4.21. The van der Waals surface area contributed by atoms with Crippen LogP contribution in [-0.2, 0) is 0 Å². The molecule has 0 aromatic rings. The van der Waals surface area contributed by atoms with Crippen molar-refractivity contribution in [2.75, 3.05) is 19.6 Å². The number of aliphatic imine (C=N–C) groups is 1. The number of unbranched alkanes of at least 4 members (excludes halogenated alkanes) is 1. The zero-order valence-corrected chi connectivity index (χ0v) is 8.63. The van der Waals surface area contributed by atoms with Gasteiger partial charge in [-0.05, 0) is 19.3 Å². The molecule has 1 atom stereocenters. The van der Waals surface area contributed by atoms with E-state index in [-0.39, 0.29) is 0 Å². The van der Waals surface area contributed by atoms with E-state index in [2.05, 4.69) is 16.8 Å². The Balaban J connectivity index is 1.94. The van der Waals surface area contributed by atoms with Gasteiger partial charge in [0.1, 0.15) is 5.84 Å². The zero-order valence-electron chi connectivity index (χ0n) is 8.63. The molecule has 0 bridgehead atoms. The number of hydrogen-bond donors (Lipinski definition) is 0. The Morgan fingerprint density at radius 3 is 3.23 bits per heavy atom. The molecule has 0 spiro atoms. The molecule has 0 radical (unpaired) electrons. The van der Waals surface area contributed by atoms with Crippen molar-refractivity contribution in [1.82, 2.24) is 4.90 Å². The molecule has 2 aliphatic rings. The number of amidine groups is 1. The fraction of sp³-hybridized carbons (Fsp3) is 0.909. The van der Waals surface area contributed by atoms with Gasteiger partial charge >= 0.3 is 0 Å². The largest absolute Gasteiger partial charge is 0.360 e. The fourth-order valence-electron chi connectivity index (χ4n) is 2.45. The number of fused-ring (bicyclic) bond motifs is 1. The third kappa shape index (κ3) is 1.87. The van der Waals surface area contributed by atoms with Crippen LogP contribution in [0.5, 0.6) is 0 Å². The Morgan fingerprint density at radius 2 is 2.38 bits per heavy atom. The first kappa shape index (κ1) is 9.04. The molecule has 1 fully saturated rings. The molecule has 2 heteroatoms. The van der Waals surface area contributed by atoms with E-state index in [4.69, 9.17) is 0 Å². The van der Waals surface area contributed by atoms with Gasteiger partial charge in [0.05, 0.1) is 0 Å². The van der Waals surface area contributed by atoms with E-state index in [0.29, 0.717) is 0 Å². The van der Waals surface area contributed by atoms with Gasteiger partial charge in [-0.2, -0.15) is 0 Å². The maximum atomic E-state index is 4.67. The van der Waals surface area contributed by atoms with E-state index in [1.807, 2.05) is 0 Å². The summed E-state index contributed by atoms with van der Waals surface area (Å²) in [5, 5.41) is 0. The van der Waals surface area contributed by atoms with Crippen molar-refractivity contribution in [3.05, 3.63) is 0 Å². The monoisotopic (exact) mass is 180 g/mol. The topological polar surface area (TPSA) is 15.6 Å². The van der Waals surface area contributed by atoms with E-state index < -0.39 is 0 Å². The van der Waals surface area contributed by atoms with E-state index in [0.717, 1.165) is 12.5 Å². The summed E-state index contributed by atoms with van der Waals surface area (Å²) >= 11 is 0. The minimum absolute atomic E-state index is 0.806. The lowest BCUT2D eigenvalue weighted by Crippen LogP contribution is -2.32. The number of hydrogen-bond acceptors (Lipinski definition) is 2. The van der Waals surface area contributed by atoms with Gasteiger partial charge in [0.25, 0.3) is 0 Å². The second kappa shape index (κ2) is 4.12. The third-order valence-electron chi connectivity index (χ3n) is 3.20. The average Bonchev–Trinajstić information content (AvgIpc) is 2.58. The van der Waals surface area contributed by atoms with E-state index in [9.17, 15) is 0 Å². The Hall–Kier alpha value is -0.530. The quantitative estimate of drug-likeness (QED) is 0.650. The van der Waals surface area contributed by atoms with Gasteiger partial charge in [0, 0.05) is 25.6 Å². The lowest BCUT2D eigenvalue weighted by atomic mass is 10.00. The summed E-state index contributed by atoms with van der Waals surface area (Å²) in [6.45, 7) is 5.89. The highest BCUT2D eigenvalue weighted by atomic mass is 15.2. The third-order valence-corrected chi connectivity index (χ3v) is 3.20. The molecule has 0 aliphatic carbocycles. The van der Waals surface area contributed by atoms with Gasteiger partial charge < -0.3 is 4.90 Å². The van der Waals surface area contributed by atoms with Crippen LogP contribution in [0.4, 0.5) is 0 Å². The van der Waals surface area contributed by atoms with Crippen molar-refractivity contribution in [2.45, 2.75) is 39.0 Å². The summed E-state index contributed by atoms with van der Waals surface area (Å²) in [6.07, 6.45) is 6.69. The van der Waals surface area contributed by atoms with Crippen LogP contribution in [0.3, 0.4) is 0 Å². The van der Waals surface area contributed by atoms with Gasteiger partial charge in [0.2, 0.25) is 0 Å². The Kier molecular flexibility index (Phi) is 2.87. The second-order valence-corrected chi connectivity index (χ2v) is 4.21. The van der Waals surface area contributed by atoms with Crippen LogP contribution in [0.1, 0.15) is 39.0 Å². The molecule has 74 valence electrons. The van der Waals surface area contributed by atoms with Crippen LogP contribution in [0, 0.1) is 5.92 Å². The molecule has 2 nitrogen and oxygen atoms in total. The molecule has 0 amide bonds. The highest BCUT2D eigenvalue weighted by Crippen LogP contribution is 2.26. The molecule has 2 aliphatic heterocycles. The van der Waals surface area contributed by atoms with E-state index >= 15 is 0 Å². The molecule has 13 heavy (non-hydrogen) atoms. The molecule has 2 heterocycles. The van der Waals surface area contributed by atoms with Gasteiger partial charge in [-0.15, -0.1) is 0 Å². The Morgan fingerprint density at radius 1 is 1.46 bits per heavy atom. The first-order valence-corrected chi connectivity index (χ1v) is 5.71. The molecule has 0 saturated carbocycles. The SMILES string of the molecule is CCCCC1CCN2CCCN=C12. The van der Waals surface area contributed by atoms with Gasteiger partial charge in [-0.3, -0.25) is 4.99 Å². The van der Waals surface area contributed by atoms with Crippen LogP contribution >= 0.6 is 0 Å². The lowest BCUT2D eigenvalue weighted by molar-refractivity contribution is 0.427. The Bertz CT molecular complexity index is 198. The predicted molar refractivity (Wildman–Crippen MR) is 56.1 cm³/mol. The van der Waals surface area contributed by atoms with Crippen molar-refractivity contribution in [3.8, 4) is 0 Å². The number of nitrogens with zero attached hydrogens (tertiary/aromatic N) is 2. The average molecular weight is 180 g/mol. The fourth-order valence-corrected chi connectivity index (χ4v) is 2.45. The molecule has 1 unspecified atom stereocenters. The van der Waals surface area contributed by atoms with Crippen LogP contribution in [0.15, 0.2) is 4.99 Å². The molecule has 0 aromatic carbocycles. The van der Waals surface area contributed by atoms with Gasteiger partial charge in [-0.1, -0.05) is 19.8 Å². The standard InChI is InChI=1S/C11H20N2/c1-2-3-5-10-6-9-13-8-4-7-12-11(10)13/h10H,2-9H2,1H3. The van der Waals surface area contributed by atoms with Crippen molar-refractivity contribution in [3.63, 3.8) is 0 Å². The van der Waals surface area contributed by atoms with Crippen molar-refractivity contribution in [2.24, 2.45) is 10.9 Å². The molecule has 0 aromatic heterocycles. The maximum Gasteiger partial charge on any atom is 0.102 e. The Labute approximate surface area is 81.0 Å². The summed E-state index contributed by atoms with van der Waals surface area (Å²) in [5.41, 5.74) is 0. The summed E-state index contributed by atoms with van der Waals surface area (Å²) in [4.78, 5) is 7.17. The molecular formula is C11H20N2. The molecular weight excluding hydrogens is 160 g/mol. The first-order chi connectivity index (χ1) is 6.42. The summed E-state index contributed by atoms with van der Waals surface area (Å²) in [5.74, 6) is 2.25. The van der Waals surface area contributed by atoms with Gasteiger partial charge in [-0.25, -0.2) is 0 Å². The maximum absolute atomic E-state index is 4.67. The van der Waals surface area contributed by atoms with Crippen LogP contribution < -0.4 is 0 Å². The van der Waals surface area contributed by atoms with Gasteiger partial charge in [0.15, 0.2) is 0 Å². The van der Waals surface area contributed by atoms with E-state index in [1.54, 1.807) is 0 Å². The first-order valence-electron chi connectivity index (χ1n) is 5.71. The minimum Gasteiger partial charge on any atom is -0.360 e. The molecule has 2 rings (SSSR count). The van der Waals surface area contributed by atoms with Crippen molar-refractivity contribution >= 4 is 5.84 Å². The summed E-state index contributed by atoms with van der Waals surface area (Å²) in [7, 11) is 0. The minimum atomic E-state index is 0.806. The lowest BCUT2D eigenvalue weighted by Gasteiger charge is -2.24. The van der Waals surface area contributed by atoms with Crippen LogP contribution in [-0.4, -0.2) is 30.4 Å². The highest BCUT2D eigenvalue weighted by Gasteiger charge is 2.29. The van der Waals surface area contributed by atoms with Crippen LogP contribution in [0.25, 0.3) is 0 Å². The smallest absolute Gasteiger partial charge is 0.102 e. The normalized spacial score (nSPS) is 27.3. The van der Waals surface area contributed by atoms with Crippen molar-refractivity contribution in [1.29, 1.82) is 0 Å². The predicted octanol–water partition coefficient (Wildman–Crippen LogP) is 2.30. The zero-order chi connectivity index (χ0) is 9.10. The molecule has 1 saturated heterocycles. The summed E-state index contributed by atoms with van der Waals surface area (Å²) < 4.78 is 0. The summed E-state index contributed by atoms with van der Waals surface area (Å²) in [6, 6.07) is 0.